The van der Waals surface area contributed by atoms with E-state index in [0.29, 0.717) is 29.8 Å². The highest BCUT2D eigenvalue weighted by atomic mass is 32.1. The quantitative estimate of drug-likeness (QED) is 0.858. The van der Waals surface area contributed by atoms with E-state index in [9.17, 15) is 4.79 Å². The Balaban J connectivity index is 1.72. The van der Waals surface area contributed by atoms with Crippen LogP contribution in [-0.2, 0) is 6.42 Å². The van der Waals surface area contributed by atoms with Crippen LogP contribution in [0.3, 0.4) is 0 Å². The molecule has 0 unspecified atom stereocenters. The van der Waals surface area contributed by atoms with E-state index in [0.717, 1.165) is 0 Å². The van der Waals surface area contributed by atoms with Crippen molar-refractivity contribution in [3.05, 3.63) is 17.2 Å². The molecule has 8 nitrogen and oxygen atoms in total. The number of anilines is 1. The summed E-state index contributed by atoms with van der Waals surface area (Å²) in [5.41, 5.74) is 1.54. The average molecular weight is 282 g/mol. The molecule has 9 heteroatoms. The summed E-state index contributed by atoms with van der Waals surface area (Å²) in [5, 5.41) is 16.8. The maximum absolute atomic E-state index is 11.5. The van der Waals surface area contributed by atoms with Gasteiger partial charge in [-0.3, -0.25) is 5.32 Å². The molecule has 0 saturated carbocycles. The predicted molar refractivity (Wildman–Crippen MR) is 69.0 cm³/mol. The second-order valence-corrected chi connectivity index (χ2v) is 4.91. The van der Waals surface area contributed by atoms with Crippen molar-refractivity contribution in [2.24, 2.45) is 0 Å². The number of nitrogens with zero attached hydrogens (tertiary/aromatic N) is 4. The summed E-state index contributed by atoms with van der Waals surface area (Å²) in [6, 6.07) is -0.333. The van der Waals surface area contributed by atoms with Crippen LogP contribution in [0.2, 0.25) is 0 Å². The molecule has 0 aromatic carbocycles. The van der Waals surface area contributed by atoms with Crippen molar-refractivity contribution < 1.29 is 9.32 Å². The third-order valence-electron chi connectivity index (χ3n) is 2.21. The van der Waals surface area contributed by atoms with Crippen molar-refractivity contribution >= 4 is 22.5 Å². The Hall–Kier alpha value is -2.03. The van der Waals surface area contributed by atoms with Gasteiger partial charge in [0, 0.05) is 18.9 Å². The summed E-state index contributed by atoms with van der Waals surface area (Å²) in [6.45, 7) is 4.38. The maximum Gasteiger partial charge on any atom is 0.321 e. The Morgan fingerprint density at radius 2 is 2.37 bits per heavy atom. The van der Waals surface area contributed by atoms with Crippen molar-refractivity contribution in [3.8, 4) is 0 Å². The summed E-state index contributed by atoms with van der Waals surface area (Å²) >= 11 is 1.25. The molecule has 0 spiro atoms. The molecule has 0 fully saturated rings. The lowest BCUT2D eigenvalue weighted by Crippen LogP contribution is -2.30. The van der Waals surface area contributed by atoms with Gasteiger partial charge in [-0.2, -0.15) is 4.98 Å². The second kappa shape index (κ2) is 6.23. The second-order valence-electron chi connectivity index (χ2n) is 4.08. The molecule has 2 rings (SSSR count). The highest BCUT2D eigenvalue weighted by Gasteiger charge is 2.10. The third-order valence-corrected chi connectivity index (χ3v) is 2.81. The summed E-state index contributed by atoms with van der Waals surface area (Å²) in [7, 11) is 0. The molecule has 19 heavy (non-hydrogen) atoms. The molecule has 0 aliphatic heterocycles. The van der Waals surface area contributed by atoms with Crippen molar-refractivity contribution in [1.29, 1.82) is 0 Å². The molecule has 0 saturated heterocycles. The fourth-order valence-electron chi connectivity index (χ4n) is 1.26. The van der Waals surface area contributed by atoms with E-state index in [1.807, 2.05) is 13.8 Å². The molecule has 0 radical (unpaired) electrons. The van der Waals surface area contributed by atoms with Crippen LogP contribution in [-0.4, -0.2) is 32.9 Å². The number of carbonyl (C=O) groups is 1. The number of hydrogen-bond donors (Lipinski definition) is 2. The number of aromatic nitrogens is 4. The average Bonchev–Trinajstić information content (AvgIpc) is 3.00. The molecule has 2 N–H and O–H groups in total. The largest absolute Gasteiger partial charge is 0.339 e. The van der Waals surface area contributed by atoms with Gasteiger partial charge in [-0.15, -0.1) is 10.2 Å². The van der Waals surface area contributed by atoms with Crippen LogP contribution in [0.1, 0.15) is 31.5 Å². The Morgan fingerprint density at radius 1 is 1.53 bits per heavy atom. The number of urea groups is 1. The van der Waals surface area contributed by atoms with Crippen LogP contribution in [0.5, 0.6) is 0 Å². The van der Waals surface area contributed by atoms with Crippen LogP contribution in [0.15, 0.2) is 10.0 Å². The van der Waals surface area contributed by atoms with Gasteiger partial charge in [0.15, 0.2) is 5.82 Å². The molecule has 2 aromatic heterocycles. The van der Waals surface area contributed by atoms with Crippen LogP contribution in [0.25, 0.3) is 0 Å². The van der Waals surface area contributed by atoms with E-state index >= 15 is 0 Å². The van der Waals surface area contributed by atoms with Gasteiger partial charge in [0.1, 0.15) is 5.51 Å². The highest BCUT2D eigenvalue weighted by molar-refractivity contribution is 7.13. The van der Waals surface area contributed by atoms with Crippen molar-refractivity contribution in [2.45, 2.75) is 26.2 Å². The Labute approximate surface area is 113 Å². The molecule has 0 atom stereocenters. The predicted octanol–water partition coefficient (Wildman–Crippen LogP) is 1.41. The molecule has 0 bridgehead atoms. The Bertz CT molecular complexity index is 524. The fourth-order valence-corrected chi connectivity index (χ4v) is 1.70. The van der Waals surface area contributed by atoms with Gasteiger partial charge in [-0.1, -0.05) is 30.3 Å². The lowest BCUT2D eigenvalue weighted by Gasteiger charge is -2.02. The smallest absolute Gasteiger partial charge is 0.321 e. The number of amides is 2. The third kappa shape index (κ3) is 3.98. The summed E-state index contributed by atoms with van der Waals surface area (Å²) in [6.07, 6.45) is 0.489. The molecular formula is C10H14N6O2S. The van der Waals surface area contributed by atoms with E-state index in [-0.39, 0.29) is 11.9 Å². The van der Waals surface area contributed by atoms with Crippen LogP contribution >= 0.6 is 11.3 Å². The first-order valence-corrected chi connectivity index (χ1v) is 6.66. The molecule has 0 aliphatic rings. The van der Waals surface area contributed by atoms with Gasteiger partial charge in [0.2, 0.25) is 11.0 Å². The number of hydrogen-bond acceptors (Lipinski definition) is 7. The number of nitrogens with one attached hydrogen (secondary N) is 2. The summed E-state index contributed by atoms with van der Waals surface area (Å²) in [4.78, 5) is 15.7. The van der Waals surface area contributed by atoms with Crippen molar-refractivity contribution in [3.63, 3.8) is 0 Å². The van der Waals surface area contributed by atoms with E-state index < -0.39 is 0 Å². The first-order valence-electron chi connectivity index (χ1n) is 5.78. The minimum atomic E-state index is -0.333. The SMILES string of the molecule is CC(C)c1noc(CCNC(=O)Nc2nncs2)n1. The van der Waals surface area contributed by atoms with Gasteiger partial charge in [-0.05, 0) is 0 Å². The lowest BCUT2D eigenvalue weighted by atomic mass is 10.2. The molecule has 2 amide bonds. The normalized spacial score (nSPS) is 10.7. The van der Waals surface area contributed by atoms with Crippen LogP contribution in [0, 0.1) is 0 Å². The van der Waals surface area contributed by atoms with E-state index in [2.05, 4.69) is 31.0 Å². The van der Waals surface area contributed by atoms with Crippen LogP contribution < -0.4 is 10.6 Å². The number of carbonyl (C=O) groups excluding carboxylic acids is 1. The summed E-state index contributed by atoms with van der Waals surface area (Å²) < 4.78 is 5.06. The van der Waals surface area contributed by atoms with E-state index in [4.69, 9.17) is 4.52 Å². The molecule has 0 aliphatic carbocycles. The first kappa shape index (κ1) is 13.4. The van der Waals surface area contributed by atoms with Gasteiger partial charge in [0.05, 0.1) is 0 Å². The standard InChI is InChI=1S/C10H14N6O2S/c1-6(2)8-13-7(18-16-8)3-4-11-9(17)14-10-15-12-5-19-10/h5-6H,3-4H2,1-2H3,(H2,11,14,15,17). The lowest BCUT2D eigenvalue weighted by molar-refractivity contribution is 0.251. The molecule has 102 valence electrons. The van der Waals surface area contributed by atoms with Gasteiger partial charge in [-0.25, -0.2) is 4.79 Å². The van der Waals surface area contributed by atoms with Gasteiger partial charge in [0.25, 0.3) is 0 Å². The summed E-state index contributed by atoms with van der Waals surface area (Å²) in [5.74, 6) is 1.42. The Morgan fingerprint density at radius 3 is 3.00 bits per heavy atom. The minimum Gasteiger partial charge on any atom is -0.339 e. The molecule has 2 aromatic rings. The topological polar surface area (TPSA) is 106 Å². The first-order chi connectivity index (χ1) is 9.15. The maximum atomic E-state index is 11.5. The van der Waals surface area contributed by atoms with Gasteiger partial charge < -0.3 is 9.84 Å². The zero-order valence-corrected chi connectivity index (χ0v) is 11.4. The zero-order valence-electron chi connectivity index (χ0n) is 10.6. The monoisotopic (exact) mass is 282 g/mol. The molecular weight excluding hydrogens is 268 g/mol. The molecule has 2 heterocycles. The van der Waals surface area contributed by atoms with Crippen molar-refractivity contribution in [2.75, 3.05) is 11.9 Å². The Kier molecular flexibility index (Phi) is 4.39. The fraction of sp³-hybridized carbons (Fsp3) is 0.500. The van der Waals surface area contributed by atoms with Crippen molar-refractivity contribution in [1.82, 2.24) is 25.7 Å². The zero-order chi connectivity index (χ0) is 13.7. The van der Waals surface area contributed by atoms with E-state index in [1.165, 1.54) is 11.3 Å². The van der Waals surface area contributed by atoms with Crippen LogP contribution in [0.4, 0.5) is 9.93 Å². The number of rotatable bonds is 5. The highest BCUT2D eigenvalue weighted by Crippen LogP contribution is 2.09. The van der Waals surface area contributed by atoms with Gasteiger partial charge >= 0.3 is 6.03 Å². The minimum absolute atomic E-state index is 0.228. The van der Waals surface area contributed by atoms with E-state index in [1.54, 1.807) is 5.51 Å².